The number of carbonyl (C=O) groups is 1. The van der Waals surface area contributed by atoms with E-state index in [9.17, 15) is 9.59 Å². The SMILES string of the molecule is Cc1cc2oc(-c3ccccc3Cl)c(OC(=O)c3ccc(Cl)cc3)c(=O)c2cc1C. The molecule has 4 rings (SSSR count). The summed E-state index contributed by atoms with van der Waals surface area (Å²) < 4.78 is 11.6. The second-order valence-electron chi connectivity index (χ2n) is 6.90. The highest BCUT2D eigenvalue weighted by Gasteiger charge is 2.23. The van der Waals surface area contributed by atoms with Crippen LogP contribution in [0.2, 0.25) is 10.0 Å². The average molecular weight is 439 g/mol. The standard InChI is InChI=1S/C24H16Cl2O4/c1-13-11-18-20(12-14(13)2)29-22(17-5-3-4-6-19(17)26)23(21(18)27)30-24(28)15-7-9-16(25)10-8-15/h3-12H,1-2H3. The summed E-state index contributed by atoms with van der Waals surface area (Å²) in [4.78, 5) is 26.0. The second kappa shape index (κ2) is 7.98. The number of hydrogen-bond donors (Lipinski definition) is 0. The first-order valence-corrected chi connectivity index (χ1v) is 9.91. The minimum atomic E-state index is -0.699. The fraction of sp³-hybridized carbons (Fsp3) is 0.0833. The van der Waals surface area contributed by atoms with Crippen LogP contribution in [0, 0.1) is 13.8 Å². The smallest absolute Gasteiger partial charge is 0.343 e. The van der Waals surface area contributed by atoms with Crippen molar-refractivity contribution in [3.63, 3.8) is 0 Å². The van der Waals surface area contributed by atoms with Crippen LogP contribution >= 0.6 is 23.2 Å². The van der Waals surface area contributed by atoms with Crippen molar-refractivity contribution in [2.75, 3.05) is 0 Å². The Morgan fingerprint density at radius 1 is 0.933 bits per heavy atom. The van der Waals surface area contributed by atoms with Gasteiger partial charge in [-0.15, -0.1) is 0 Å². The normalized spacial score (nSPS) is 10.9. The van der Waals surface area contributed by atoms with E-state index in [4.69, 9.17) is 32.4 Å². The molecule has 0 atom stereocenters. The van der Waals surface area contributed by atoms with Gasteiger partial charge in [0, 0.05) is 10.6 Å². The van der Waals surface area contributed by atoms with E-state index in [0.717, 1.165) is 11.1 Å². The van der Waals surface area contributed by atoms with Gasteiger partial charge in [-0.1, -0.05) is 35.3 Å². The summed E-state index contributed by atoms with van der Waals surface area (Å²) in [7, 11) is 0. The summed E-state index contributed by atoms with van der Waals surface area (Å²) >= 11 is 12.2. The summed E-state index contributed by atoms with van der Waals surface area (Å²) in [5.74, 6) is -0.807. The van der Waals surface area contributed by atoms with Crippen LogP contribution in [-0.2, 0) is 0 Å². The third-order valence-electron chi connectivity index (χ3n) is 4.86. The first-order chi connectivity index (χ1) is 14.3. The van der Waals surface area contributed by atoms with Crippen molar-refractivity contribution in [3.05, 3.63) is 97.6 Å². The lowest BCUT2D eigenvalue weighted by molar-refractivity contribution is 0.0731. The monoisotopic (exact) mass is 438 g/mol. The lowest BCUT2D eigenvalue weighted by atomic mass is 10.0. The number of carbonyl (C=O) groups excluding carboxylic acids is 1. The lowest BCUT2D eigenvalue weighted by Crippen LogP contribution is -2.16. The fourth-order valence-electron chi connectivity index (χ4n) is 3.09. The van der Waals surface area contributed by atoms with Crippen LogP contribution in [0.15, 0.2) is 69.9 Å². The predicted octanol–water partition coefficient (Wildman–Crippen LogP) is 6.60. The third kappa shape index (κ3) is 3.72. The molecule has 1 aromatic heterocycles. The van der Waals surface area contributed by atoms with Gasteiger partial charge in [-0.2, -0.15) is 0 Å². The van der Waals surface area contributed by atoms with Crippen molar-refractivity contribution in [1.29, 1.82) is 0 Å². The highest BCUT2D eigenvalue weighted by molar-refractivity contribution is 6.33. The maximum absolute atomic E-state index is 13.3. The molecule has 0 amide bonds. The Morgan fingerprint density at radius 2 is 1.60 bits per heavy atom. The highest BCUT2D eigenvalue weighted by Crippen LogP contribution is 2.36. The van der Waals surface area contributed by atoms with E-state index >= 15 is 0 Å². The van der Waals surface area contributed by atoms with Crippen LogP contribution in [-0.4, -0.2) is 5.97 Å². The van der Waals surface area contributed by atoms with Crippen LogP contribution in [0.1, 0.15) is 21.5 Å². The predicted molar refractivity (Wildman–Crippen MR) is 119 cm³/mol. The minimum absolute atomic E-state index is 0.101. The van der Waals surface area contributed by atoms with Crippen LogP contribution in [0.5, 0.6) is 5.75 Å². The quantitative estimate of drug-likeness (QED) is 0.338. The van der Waals surface area contributed by atoms with Crippen molar-refractivity contribution in [2.24, 2.45) is 0 Å². The number of ether oxygens (including phenoxy) is 1. The molecule has 0 fully saturated rings. The van der Waals surface area contributed by atoms with Gasteiger partial charge in [0.2, 0.25) is 11.2 Å². The topological polar surface area (TPSA) is 56.5 Å². The van der Waals surface area contributed by atoms with Gasteiger partial charge in [0.05, 0.1) is 16.0 Å². The van der Waals surface area contributed by atoms with Gasteiger partial charge >= 0.3 is 5.97 Å². The van der Waals surface area contributed by atoms with Gasteiger partial charge in [0.25, 0.3) is 0 Å². The first-order valence-electron chi connectivity index (χ1n) is 9.16. The Bertz CT molecular complexity index is 1340. The molecule has 0 bridgehead atoms. The van der Waals surface area contributed by atoms with Crippen molar-refractivity contribution in [3.8, 4) is 17.1 Å². The molecule has 0 aliphatic carbocycles. The van der Waals surface area contributed by atoms with E-state index < -0.39 is 11.4 Å². The van der Waals surface area contributed by atoms with E-state index in [1.54, 1.807) is 48.5 Å². The molecule has 1 heterocycles. The average Bonchev–Trinajstić information content (AvgIpc) is 2.72. The molecule has 30 heavy (non-hydrogen) atoms. The van der Waals surface area contributed by atoms with Gasteiger partial charge < -0.3 is 9.15 Å². The molecule has 0 saturated carbocycles. The molecule has 0 aliphatic rings. The molecule has 0 radical (unpaired) electrons. The maximum atomic E-state index is 13.3. The fourth-order valence-corrected chi connectivity index (χ4v) is 3.43. The zero-order chi connectivity index (χ0) is 21.4. The van der Waals surface area contributed by atoms with Crippen molar-refractivity contribution in [1.82, 2.24) is 0 Å². The van der Waals surface area contributed by atoms with Crippen molar-refractivity contribution in [2.45, 2.75) is 13.8 Å². The third-order valence-corrected chi connectivity index (χ3v) is 5.44. The van der Waals surface area contributed by atoms with Gasteiger partial charge in [0.1, 0.15) is 5.58 Å². The van der Waals surface area contributed by atoms with E-state index in [1.807, 2.05) is 13.8 Å². The number of hydrogen-bond acceptors (Lipinski definition) is 4. The van der Waals surface area contributed by atoms with E-state index in [1.165, 1.54) is 12.1 Å². The first kappa shape index (κ1) is 20.2. The maximum Gasteiger partial charge on any atom is 0.343 e. The molecule has 0 spiro atoms. The summed E-state index contributed by atoms with van der Waals surface area (Å²) in [6.45, 7) is 3.83. The van der Waals surface area contributed by atoms with Crippen LogP contribution in [0.3, 0.4) is 0 Å². The number of halogens is 2. The molecular weight excluding hydrogens is 423 g/mol. The lowest BCUT2D eigenvalue weighted by Gasteiger charge is -2.12. The van der Waals surface area contributed by atoms with Crippen LogP contribution in [0.25, 0.3) is 22.3 Å². The molecule has 4 aromatic rings. The number of rotatable bonds is 3. The van der Waals surface area contributed by atoms with Gasteiger partial charge in [-0.3, -0.25) is 4.79 Å². The molecule has 6 heteroatoms. The minimum Gasteiger partial charge on any atom is -0.452 e. The molecule has 150 valence electrons. The Kier molecular flexibility index (Phi) is 5.37. The Labute approximate surface area is 182 Å². The zero-order valence-electron chi connectivity index (χ0n) is 16.2. The Morgan fingerprint density at radius 3 is 2.30 bits per heavy atom. The molecule has 3 aromatic carbocycles. The number of benzene rings is 3. The number of fused-ring (bicyclic) bond motifs is 1. The summed E-state index contributed by atoms with van der Waals surface area (Å²) in [5.41, 5.74) is 2.55. The number of esters is 1. The summed E-state index contributed by atoms with van der Waals surface area (Å²) in [5, 5.41) is 1.18. The molecule has 0 aliphatic heterocycles. The van der Waals surface area contributed by atoms with Crippen molar-refractivity contribution >= 4 is 40.1 Å². The van der Waals surface area contributed by atoms with Gasteiger partial charge in [-0.25, -0.2) is 4.79 Å². The highest BCUT2D eigenvalue weighted by atomic mass is 35.5. The van der Waals surface area contributed by atoms with E-state index in [-0.39, 0.29) is 17.1 Å². The molecule has 0 N–H and O–H groups in total. The van der Waals surface area contributed by atoms with E-state index in [2.05, 4.69) is 0 Å². The Hall–Kier alpha value is -3.08. The summed E-state index contributed by atoms with van der Waals surface area (Å²) in [6.07, 6.45) is 0. The largest absolute Gasteiger partial charge is 0.452 e. The van der Waals surface area contributed by atoms with Crippen LogP contribution in [0.4, 0.5) is 0 Å². The number of aryl methyl sites for hydroxylation is 2. The molecule has 0 unspecified atom stereocenters. The van der Waals surface area contributed by atoms with Crippen LogP contribution < -0.4 is 10.2 Å². The van der Waals surface area contributed by atoms with Gasteiger partial charge in [0.15, 0.2) is 5.76 Å². The zero-order valence-corrected chi connectivity index (χ0v) is 17.7. The Balaban J connectivity index is 1.95. The summed E-state index contributed by atoms with van der Waals surface area (Å²) in [6, 6.07) is 16.6. The van der Waals surface area contributed by atoms with E-state index in [0.29, 0.717) is 26.6 Å². The second-order valence-corrected chi connectivity index (χ2v) is 7.74. The molecule has 0 saturated heterocycles. The van der Waals surface area contributed by atoms with Crippen molar-refractivity contribution < 1.29 is 13.9 Å². The molecular formula is C24H16Cl2O4. The molecule has 4 nitrogen and oxygen atoms in total. The van der Waals surface area contributed by atoms with Gasteiger partial charge in [-0.05, 0) is 73.5 Å².